The molecule has 0 fully saturated rings. The Kier molecular flexibility index (Phi) is 10.7. The summed E-state index contributed by atoms with van der Waals surface area (Å²) >= 11 is 3.70. The molecule has 2 aromatic rings. The van der Waals surface area contributed by atoms with E-state index < -0.39 is 10.8 Å². The monoisotopic (exact) mass is 474 g/mol. The summed E-state index contributed by atoms with van der Waals surface area (Å²) in [7, 11) is 0. The quantitative estimate of drug-likeness (QED) is 0.188. The van der Waals surface area contributed by atoms with Crippen LogP contribution in [0, 0.1) is 10.8 Å². The summed E-state index contributed by atoms with van der Waals surface area (Å²) < 4.78 is 11.0. The Morgan fingerprint density at radius 3 is 1.31 bits per heavy atom. The minimum atomic E-state index is -0.515. The van der Waals surface area contributed by atoms with Crippen molar-refractivity contribution in [3.63, 3.8) is 0 Å². The van der Waals surface area contributed by atoms with Crippen molar-refractivity contribution in [2.45, 2.75) is 40.5 Å². The van der Waals surface area contributed by atoms with E-state index in [1.807, 2.05) is 87.6 Å². The molecular weight excluding hydrogens is 440 g/mol. The van der Waals surface area contributed by atoms with Gasteiger partial charge in [0, 0.05) is 11.5 Å². The molecule has 6 heteroatoms. The van der Waals surface area contributed by atoms with E-state index in [0.29, 0.717) is 11.5 Å². The SMILES string of the molecule is CC(C)(CCSCCSCCC(C)(C)C(=O)Oc1ccccc1)C(=O)Oc1ccccc1. The summed E-state index contributed by atoms with van der Waals surface area (Å²) in [5, 5.41) is 0. The number of carbonyl (C=O) groups is 2. The van der Waals surface area contributed by atoms with Crippen LogP contribution in [0.15, 0.2) is 60.7 Å². The fourth-order valence-corrected chi connectivity index (χ4v) is 5.31. The van der Waals surface area contributed by atoms with Gasteiger partial charge in [0.1, 0.15) is 11.5 Å². The number of rotatable bonds is 13. The zero-order chi connectivity index (χ0) is 23.5. The van der Waals surface area contributed by atoms with E-state index in [1.165, 1.54) is 0 Å². The zero-order valence-corrected chi connectivity index (χ0v) is 21.1. The van der Waals surface area contributed by atoms with Gasteiger partial charge < -0.3 is 9.47 Å². The van der Waals surface area contributed by atoms with Gasteiger partial charge in [-0.05, 0) is 76.3 Å². The molecule has 0 aromatic heterocycles. The molecule has 0 saturated carbocycles. The maximum Gasteiger partial charge on any atom is 0.316 e. The third kappa shape index (κ3) is 9.29. The van der Waals surface area contributed by atoms with Crippen LogP contribution in [0.4, 0.5) is 0 Å². The van der Waals surface area contributed by atoms with Gasteiger partial charge in [0.05, 0.1) is 10.8 Å². The fourth-order valence-electron chi connectivity index (χ4n) is 2.65. The fraction of sp³-hybridized carbons (Fsp3) is 0.462. The first-order chi connectivity index (χ1) is 15.2. The van der Waals surface area contributed by atoms with Crippen LogP contribution in [-0.2, 0) is 9.59 Å². The second-order valence-electron chi connectivity index (χ2n) is 8.90. The molecule has 4 nitrogen and oxygen atoms in total. The van der Waals surface area contributed by atoms with E-state index in [4.69, 9.17) is 9.47 Å². The highest BCUT2D eigenvalue weighted by molar-refractivity contribution is 8.02. The summed E-state index contributed by atoms with van der Waals surface area (Å²) in [5.74, 6) is 4.65. The normalized spacial score (nSPS) is 11.8. The number of benzene rings is 2. The van der Waals surface area contributed by atoms with Gasteiger partial charge in [-0.25, -0.2) is 0 Å². The van der Waals surface area contributed by atoms with Crippen molar-refractivity contribution >= 4 is 35.5 Å². The van der Waals surface area contributed by atoms with Crippen molar-refractivity contribution in [2.24, 2.45) is 10.8 Å². The van der Waals surface area contributed by atoms with E-state index in [-0.39, 0.29) is 11.9 Å². The molecule has 2 aromatic carbocycles. The Balaban J connectivity index is 1.57. The number of carbonyl (C=O) groups excluding carboxylic acids is 2. The van der Waals surface area contributed by atoms with Gasteiger partial charge in [0.25, 0.3) is 0 Å². The Hall–Kier alpha value is -1.92. The third-order valence-corrected chi connectivity index (χ3v) is 7.36. The van der Waals surface area contributed by atoms with Crippen LogP contribution in [0.2, 0.25) is 0 Å². The van der Waals surface area contributed by atoms with E-state index in [9.17, 15) is 9.59 Å². The van der Waals surface area contributed by atoms with Crippen molar-refractivity contribution in [3.8, 4) is 11.5 Å². The first-order valence-corrected chi connectivity index (χ1v) is 13.2. The molecule has 0 aliphatic rings. The van der Waals surface area contributed by atoms with Gasteiger partial charge >= 0.3 is 11.9 Å². The summed E-state index contributed by atoms with van der Waals surface area (Å²) in [6.45, 7) is 7.74. The third-order valence-electron chi connectivity index (χ3n) is 5.13. The topological polar surface area (TPSA) is 52.6 Å². The minimum absolute atomic E-state index is 0.191. The summed E-state index contributed by atoms with van der Waals surface area (Å²) in [4.78, 5) is 24.9. The van der Waals surface area contributed by atoms with Crippen LogP contribution in [0.25, 0.3) is 0 Å². The number of para-hydroxylation sites is 2. The smallest absolute Gasteiger partial charge is 0.316 e. The highest BCUT2D eigenvalue weighted by atomic mass is 32.2. The largest absolute Gasteiger partial charge is 0.426 e. The van der Waals surface area contributed by atoms with Crippen molar-refractivity contribution < 1.29 is 19.1 Å². The molecule has 0 aliphatic heterocycles. The molecule has 0 N–H and O–H groups in total. The predicted molar refractivity (Wildman–Crippen MR) is 136 cm³/mol. The lowest BCUT2D eigenvalue weighted by Gasteiger charge is -2.22. The maximum absolute atomic E-state index is 12.4. The zero-order valence-electron chi connectivity index (χ0n) is 19.5. The first-order valence-electron chi connectivity index (χ1n) is 10.9. The number of hydrogen-bond acceptors (Lipinski definition) is 6. The predicted octanol–water partition coefficient (Wildman–Crippen LogP) is 6.50. The number of ether oxygens (including phenoxy) is 2. The van der Waals surface area contributed by atoms with E-state index in [2.05, 4.69) is 0 Å². The molecule has 0 bridgehead atoms. The summed E-state index contributed by atoms with van der Waals surface area (Å²) in [6, 6.07) is 18.4. The standard InChI is InChI=1S/C26H34O4S2/c1-25(2,23(27)29-21-11-7-5-8-12-21)15-17-31-19-20-32-18-16-26(3,4)24(28)30-22-13-9-6-10-14-22/h5-14H,15-20H2,1-4H3. The average Bonchev–Trinajstić information content (AvgIpc) is 2.77. The van der Waals surface area contributed by atoms with Gasteiger partial charge in [0.2, 0.25) is 0 Å². The molecular formula is C26H34O4S2. The summed E-state index contributed by atoms with van der Waals surface area (Å²) in [5.41, 5.74) is -1.03. The molecule has 0 amide bonds. The Morgan fingerprint density at radius 1 is 0.625 bits per heavy atom. The van der Waals surface area contributed by atoms with Crippen molar-refractivity contribution in [1.29, 1.82) is 0 Å². The van der Waals surface area contributed by atoms with Crippen LogP contribution >= 0.6 is 23.5 Å². The molecule has 0 unspecified atom stereocenters. The van der Waals surface area contributed by atoms with Gasteiger partial charge in [0.15, 0.2) is 0 Å². The van der Waals surface area contributed by atoms with E-state index in [1.54, 1.807) is 24.3 Å². The Bertz CT molecular complexity index is 764. The molecule has 0 saturated heterocycles. The van der Waals surface area contributed by atoms with Gasteiger partial charge in [-0.1, -0.05) is 36.4 Å². The number of hydrogen-bond donors (Lipinski definition) is 0. The van der Waals surface area contributed by atoms with Crippen LogP contribution in [0.3, 0.4) is 0 Å². The van der Waals surface area contributed by atoms with Crippen molar-refractivity contribution in [3.05, 3.63) is 60.7 Å². The first kappa shape index (κ1) is 26.3. The molecule has 174 valence electrons. The molecule has 0 aliphatic carbocycles. The highest BCUT2D eigenvalue weighted by Gasteiger charge is 2.30. The summed E-state index contributed by atoms with van der Waals surface area (Å²) in [6.07, 6.45) is 1.54. The van der Waals surface area contributed by atoms with E-state index >= 15 is 0 Å². The Morgan fingerprint density at radius 2 is 0.969 bits per heavy atom. The molecule has 2 rings (SSSR count). The lowest BCUT2D eigenvalue weighted by molar-refractivity contribution is -0.144. The molecule has 0 radical (unpaired) electrons. The maximum atomic E-state index is 12.4. The second-order valence-corrected chi connectivity index (χ2v) is 11.3. The van der Waals surface area contributed by atoms with Crippen LogP contribution in [0.5, 0.6) is 11.5 Å². The van der Waals surface area contributed by atoms with E-state index in [0.717, 1.165) is 35.9 Å². The van der Waals surface area contributed by atoms with Gasteiger partial charge in [-0.15, -0.1) is 0 Å². The van der Waals surface area contributed by atoms with Gasteiger partial charge in [-0.3, -0.25) is 9.59 Å². The van der Waals surface area contributed by atoms with Crippen molar-refractivity contribution in [1.82, 2.24) is 0 Å². The molecule has 32 heavy (non-hydrogen) atoms. The van der Waals surface area contributed by atoms with Crippen LogP contribution in [0.1, 0.15) is 40.5 Å². The lowest BCUT2D eigenvalue weighted by Crippen LogP contribution is -2.29. The van der Waals surface area contributed by atoms with Gasteiger partial charge in [-0.2, -0.15) is 23.5 Å². The van der Waals surface area contributed by atoms with Crippen LogP contribution < -0.4 is 9.47 Å². The minimum Gasteiger partial charge on any atom is -0.426 e. The lowest BCUT2D eigenvalue weighted by atomic mass is 9.90. The number of esters is 2. The van der Waals surface area contributed by atoms with Crippen LogP contribution in [-0.4, -0.2) is 35.0 Å². The average molecular weight is 475 g/mol. The molecule has 0 atom stereocenters. The Labute approximate surface area is 200 Å². The molecule has 0 heterocycles. The number of thioether (sulfide) groups is 2. The van der Waals surface area contributed by atoms with Crippen molar-refractivity contribution in [2.75, 3.05) is 23.0 Å². The molecule has 0 spiro atoms. The highest BCUT2D eigenvalue weighted by Crippen LogP contribution is 2.28. The second kappa shape index (κ2) is 12.9.